The van der Waals surface area contributed by atoms with E-state index in [1.807, 2.05) is 0 Å². The molecular weight excluding hydrogens is 434 g/mol. The highest BCUT2D eigenvalue weighted by atomic mass is 32.1. The Bertz CT molecular complexity index is 702. The first-order valence-corrected chi connectivity index (χ1v) is 9.93. The van der Waals surface area contributed by atoms with Crippen molar-refractivity contribution in [1.29, 1.82) is 0 Å². The van der Waals surface area contributed by atoms with Crippen LogP contribution in [0.15, 0.2) is 0 Å². The zero-order valence-electron chi connectivity index (χ0n) is 17.2. The Morgan fingerprint density at radius 3 is 1.87 bits per heavy atom. The molecule has 4 amide bonds. The molecule has 13 nitrogen and oxygen atoms in total. The van der Waals surface area contributed by atoms with Gasteiger partial charge in [0.2, 0.25) is 23.6 Å². The number of hydrogen-bond donors (Lipinski definition) is 8. The Morgan fingerprint density at radius 2 is 1.45 bits per heavy atom. The van der Waals surface area contributed by atoms with Gasteiger partial charge >= 0.3 is 11.9 Å². The Hall–Kier alpha value is -2.87. The predicted molar refractivity (Wildman–Crippen MR) is 111 cm³/mol. The molecule has 0 aliphatic rings. The molecule has 9 N–H and O–H groups in total. The molecular formula is C17H29N5O8S. The average molecular weight is 464 g/mol. The smallest absolute Gasteiger partial charge is 0.327 e. The second-order valence-electron chi connectivity index (χ2n) is 7.08. The number of aliphatic carboxylic acids is 2. The number of amides is 4. The van der Waals surface area contributed by atoms with E-state index in [1.165, 1.54) is 0 Å². The summed E-state index contributed by atoms with van der Waals surface area (Å²) in [6, 6.07) is -5.30. The number of carboxylic acid groups (broad SMARTS) is 2. The topological polar surface area (TPSA) is 231 Å². The highest BCUT2D eigenvalue weighted by Gasteiger charge is 2.32. The summed E-state index contributed by atoms with van der Waals surface area (Å²) < 4.78 is 0. The van der Waals surface area contributed by atoms with Crippen LogP contribution in [0.2, 0.25) is 0 Å². The lowest BCUT2D eigenvalue weighted by Gasteiger charge is -2.26. The van der Waals surface area contributed by atoms with E-state index in [4.69, 9.17) is 21.7 Å². The van der Waals surface area contributed by atoms with Gasteiger partial charge in [0.1, 0.15) is 18.1 Å². The Labute approximate surface area is 184 Å². The van der Waals surface area contributed by atoms with Crippen LogP contribution in [-0.2, 0) is 28.8 Å². The van der Waals surface area contributed by atoms with Crippen LogP contribution in [0.3, 0.4) is 0 Å². The maximum Gasteiger partial charge on any atom is 0.327 e. The zero-order chi connectivity index (χ0) is 24.3. The number of hydrogen-bond acceptors (Lipinski definition) is 8. The van der Waals surface area contributed by atoms with E-state index in [2.05, 4.69) is 28.6 Å². The molecule has 4 atom stereocenters. The van der Waals surface area contributed by atoms with Crippen molar-refractivity contribution in [2.45, 2.75) is 57.3 Å². The van der Waals surface area contributed by atoms with Gasteiger partial charge in [0.05, 0.1) is 12.5 Å². The van der Waals surface area contributed by atoms with Crippen molar-refractivity contribution in [1.82, 2.24) is 16.0 Å². The molecule has 0 spiro atoms. The van der Waals surface area contributed by atoms with Gasteiger partial charge in [0.25, 0.3) is 0 Å². The first-order chi connectivity index (χ1) is 14.3. The number of carbonyl (C=O) groups is 6. The van der Waals surface area contributed by atoms with Gasteiger partial charge in [-0.2, -0.15) is 12.6 Å². The fraction of sp³-hybridized carbons (Fsp3) is 0.647. The largest absolute Gasteiger partial charge is 0.481 e. The van der Waals surface area contributed by atoms with Gasteiger partial charge in [-0.15, -0.1) is 0 Å². The molecule has 176 valence electrons. The van der Waals surface area contributed by atoms with Crippen LogP contribution in [0.1, 0.15) is 33.1 Å². The molecule has 0 fully saturated rings. The van der Waals surface area contributed by atoms with Crippen LogP contribution in [0.25, 0.3) is 0 Å². The van der Waals surface area contributed by atoms with Crippen LogP contribution in [0.5, 0.6) is 0 Å². The summed E-state index contributed by atoms with van der Waals surface area (Å²) in [5.41, 5.74) is 10.7. The molecule has 0 heterocycles. The molecule has 0 saturated carbocycles. The average Bonchev–Trinajstić information content (AvgIpc) is 2.66. The fourth-order valence-electron chi connectivity index (χ4n) is 2.33. The molecule has 0 radical (unpaired) electrons. The summed E-state index contributed by atoms with van der Waals surface area (Å²) in [6.07, 6.45) is -1.00. The quantitative estimate of drug-likeness (QED) is 0.124. The third-order valence-electron chi connectivity index (χ3n) is 4.09. The molecule has 0 aliphatic carbocycles. The van der Waals surface area contributed by atoms with Crippen molar-refractivity contribution in [2.75, 3.05) is 5.75 Å². The first kappa shape index (κ1) is 28.1. The van der Waals surface area contributed by atoms with Crippen molar-refractivity contribution in [2.24, 2.45) is 17.4 Å². The second-order valence-corrected chi connectivity index (χ2v) is 7.45. The number of rotatable bonds is 14. The van der Waals surface area contributed by atoms with Crippen molar-refractivity contribution in [3.05, 3.63) is 0 Å². The Kier molecular flexibility index (Phi) is 12.2. The monoisotopic (exact) mass is 463 g/mol. The van der Waals surface area contributed by atoms with Gasteiger partial charge in [-0.3, -0.25) is 24.0 Å². The fourth-order valence-corrected chi connectivity index (χ4v) is 2.57. The summed E-state index contributed by atoms with van der Waals surface area (Å²) in [4.78, 5) is 70.2. The zero-order valence-corrected chi connectivity index (χ0v) is 18.1. The van der Waals surface area contributed by atoms with Gasteiger partial charge in [-0.05, 0) is 12.3 Å². The SMILES string of the molecule is CC(C)C(NC(=O)C(N)CCC(N)=O)C(=O)NC(CC(=O)O)C(=O)NC(CS)C(=O)O. The van der Waals surface area contributed by atoms with E-state index in [0.29, 0.717) is 0 Å². The van der Waals surface area contributed by atoms with Crippen LogP contribution < -0.4 is 27.4 Å². The normalized spacial score (nSPS) is 14.6. The lowest BCUT2D eigenvalue weighted by Crippen LogP contribution is -2.59. The van der Waals surface area contributed by atoms with Crippen molar-refractivity contribution in [3.8, 4) is 0 Å². The Morgan fingerprint density at radius 1 is 0.903 bits per heavy atom. The van der Waals surface area contributed by atoms with Crippen LogP contribution in [-0.4, -0.2) is 75.7 Å². The maximum absolute atomic E-state index is 12.6. The molecule has 0 aliphatic heterocycles. The lowest BCUT2D eigenvalue weighted by molar-refractivity contribution is -0.143. The number of nitrogens with two attached hydrogens (primary N) is 2. The van der Waals surface area contributed by atoms with Crippen LogP contribution in [0, 0.1) is 5.92 Å². The number of nitrogens with one attached hydrogen (secondary N) is 3. The van der Waals surface area contributed by atoms with Crippen molar-refractivity contribution in [3.63, 3.8) is 0 Å². The number of primary amides is 1. The molecule has 14 heteroatoms. The van der Waals surface area contributed by atoms with E-state index in [0.717, 1.165) is 0 Å². The third-order valence-corrected chi connectivity index (χ3v) is 4.46. The summed E-state index contributed by atoms with van der Waals surface area (Å²) in [5.74, 6) is -6.85. The van der Waals surface area contributed by atoms with E-state index in [1.54, 1.807) is 13.8 Å². The van der Waals surface area contributed by atoms with Crippen molar-refractivity contribution < 1.29 is 39.0 Å². The summed E-state index contributed by atoms with van der Waals surface area (Å²) >= 11 is 3.80. The first-order valence-electron chi connectivity index (χ1n) is 9.30. The molecule has 4 unspecified atom stereocenters. The third kappa shape index (κ3) is 10.6. The summed E-state index contributed by atoms with van der Waals surface area (Å²) in [5, 5.41) is 24.7. The maximum atomic E-state index is 12.6. The lowest BCUT2D eigenvalue weighted by atomic mass is 10.0. The van der Waals surface area contributed by atoms with Gasteiger partial charge in [0, 0.05) is 12.2 Å². The minimum absolute atomic E-state index is 0.0437. The molecule has 0 saturated heterocycles. The molecule has 31 heavy (non-hydrogen) atoms. The molecule has 0 bridgehead atoms. The minimum atomic E-state index is -1.60. The second kappa shape index (κ2) is 13.4. The summed E-state index contributed by atoms with van der Waals surface area (Å²) in [7, 11) is 0. The standard InChI is InChI=1S/C17H29N5O8S/c1-7(2)13(22-14(26)8(18)3-4-11(19)23)16(28)20-9(5-12(24)25)15(27)21-10(6-31)17(29)30/h7-10,13,31H,3-6,18H2,1-2H3,(H2,19,23)(H,20,28)(H,21,27)(H,22,26)(H,24,25)(H,29,30). The highest BCUT2D eigenvalue weighted by Crippen LogP contribution is 2.06. The van der Waals surface area contributed by atoms with Crippen LogP contribution >= 0.6 is 12.6 Å². The number of thiol groups is 1. The van der Waals surface area contributed by atoms with Gasteiger partial charge in [-0.25, -0.2) is 4.79 Å². The molecule has 0 aromatic rings. The Balaban J connectivity index is 5.33. The molecule has 0 rings (SSSR count). The predicted octanol–water partition coefficient (Wildman–Crippen LogP) is -2.82. The van der Waals surface area contributed by atoms with E-state index in [-0.39, 0.29) is 18.6 Å². The number of carboxylic acids is 2. The van der Waals surface area contributed by atoms with E-state index >= 15 is 0 Å². The van der Waals surface area contributed by atoms with Gasteiger partial charge in [0.15, 0.2) is 0 Å². The van der Waals surface area contributed by atoms with Crippen LogP contribution in [0.4, 0.5) is 0 Å². The summed E-state index contributed by atoms with van der Waals surface area (Å²) in [6.45, 7) is 3.18. The number of carbonyl (C=O) groups excluding carboxylic acids is 4. The minimum Gasteiger partial charge on any atom is -0.481 e. The highest BCUT2D eigenvalue weighted by molar-refractivity contribution is 7.80. The van der Waals surface area contributed by atoms with Crippen molar-refractivity contribution >= 4 is 48.2 Å². The van der Waals surface area contributed by atoms with E-state index in [9.17, 15) is 28.8 Å². The van der Waals surface area contributed by atoms with Gasteiger partial charge in [-0.1, -0.05) is 13.8 Å². The molecule has 0 aromatic heterocycles. The van der Waals surface area contributed by atoms with Gasteiger partial charge < -0.3 is 37.6 Å². The van der Waals surface area contributed by atoms with E-state index < -0.39 is 72.1 Å². The molecule has 0 aromatic carbocycles.